The zero-order valence-electron chi connectivity index (χ0n) is 4.30. The van der Waals surface area contributed by atoms with Gasteiger partial charge in [-0.3, -0.25) is 0 Å². The van der Waals surface area contributed by atoms with Crippen LogP contribution in [0.2, 0.25) is 0 Å². The van der Waals surface area contributed by atoms with Crippen LogP contribution in [0.5, 0.6) is 0 Å². The first-order valence-corrected chi connectivity index (χ1v) is 3.55. The minimum atomic E-state index is -0.617. The molecule has 48 valence electrons. The van der Waals surface area contributed by atoms with Crippen LogP contribution in [-0.4, -0.2) is 24.4 Å². The highest BCUT2D eigenvalue weighted by atomic mass is 32.2. The highest BCUT2D eigenvalue weighted by Crippen LogP contribution is 2.12. The van der Waals surface area contributed by atoms with Gasteiger partial charge in [-0.05, 0) is 4.53 Å². The monoisotopic (exact) mass is 138 g/mol. The van der Waals surface area contributed by atoms with E-state index in [0.29, 0.717) is 12.4 Å². The molecule has 1 rings (SSSR count). The van der Waals surface area contributed by atoms with Crippen LogP contribution >= 0.6 is 11.8 Å². The summed E-state index contributed by atoms with van der Waals surface area (Å²) in [6.07, 6.45) is -0.617. The molecule has 0 aromatic heterocycles. The van der Waals surface area contributed by atoms with Gasteiger partial charge in [0.2, 0.25) is 6.29 Å². The molecule has 8 heavy (non-hydrogen) atoms. The Morgan fingerprint density at radius 1 is 1.75 bits per heavy atom. The molecule has 0 aromatic carbocycles. The molecule has 0 saturated carbocycles. The molecule has 0 spiro atoms. The lowest BCUT2D eigenvalue weighted by Crippen LogP contribution is -2.23. The number of halogens is 1. The summed E-state index contributed by atoms with van der Waals surface area (Å²) < 4.78 is 16.0. The second-order valence-corrected chi connectivity index (χ2v) is 2.61. The number of rotatable bonds is 1. The average molecular weight is 138 g/mol. The van der Waals surface area contributed by atoms with Crippen LogP contribution in [0.3, 0.4) is 0 Å². The highest BCUT2D eigenvalue weighted by Gasteiger charge is 2.13. The van der Waals surface area contributed by atoms with E-state index in [4.69, 9.17) is 4.74 Å². The number of thioether (sulfide) groups is 1. The van der Waals surface area contributed by atoms with E-state index >= 15 is 0 Å². The van der Waals surface area contributed by atoms with Gasteiger partial charge in [0.25, 0.3) is 0 Å². The number of hydrogen-bond donors (Lipinski definition) is 0. The van der Waals surface area contributed by atoms with Crippen LogP contribution in [0.1, 0.15) is 0 Å². The van der Waals surface area contributed by atoms with Crippen molar-refractivity contribution in [2.24, 2.45) is 0 Å². The first kappa shape index (κ1) is 6.32. The van der Waals surface area contributed by atoms with Crippen LogP contribution in [0.15, 0.2) is 0 Å². The molecule has 1 aliphatic rings. The van der Waals surface area contributed by atoms with E-state index in [0.717, 1.165) is 5.75 Å². The molecule has 0 aliphatic carbocycles. The van der Waals surface area contributed by atoms with Crippen LogP contribution in [0, 0.1) is 0 Å². The van der Waals surface area contributed by atoms with Gasteiger partial charge in [-0.25, -0.2) is 0 Å². The topological polar surface area (TPSA) is 18.5 Å². The molecule has 0 amide bonds. The van der Waals surface area contributed by atoms with Crippen LogP contribution in [-0.2, 0) is 9.68 Å². The van der Waals surface area contributed by atoms with Gasteiger partial charge in [-0.1, -0.05) is 0 Å². The Bertz CT molecular complexity index is 65.1. The van der Waals surface area contributed by atoms with E-state index in [1.165, 1.54) is 0 Å². The molecular formula is C4H7FO2S. The van der Waals surface area contributed by atoms with E-state index in [1.807, 2.05) is 0 Å². The van der Waals surface area contributed by atoms with Crippen molar-refractivity contribution in [3.8, 4) is 0 Å². The largest absolute Gasteiger partial charge is 0.348 e. The molecule has 1 heterocycles. The summed E-state index contributed by atoms with van der Waals surface area (Å²) in [6.45, 7) is 0.596. The average Bonchev–Trinajstić information content (AvgIpc) is 1.90. The molecule has 1 atom stereocenters. The number of hydrogen-bond acceptors (Lipinski definition) is 3. The van der Waals surface area contributed by atoms with Gasteiger partial charge in [-0.15, -0.1) is 0 Å². The fraction of sp³-hybridized carbons (Fsp3) is 1.00. The molecule has 1 unspecified atom stereocenters. The van der Waals surface area contributed by atoms with Crippen LogP contribution < -0.4 is 0 Å². The Morgan fingerprint density at radius 3 is 3.00 bits per heavy atom. The summed E-state index contributed by atoms with van der Waals surface area (Å²) in [5, 5.41) is 0. The first-order chi connectivity index (χ1) is 3.93. The molecule has 4 heteroatoms. The second kappa shape index (κ2) is 3.27. The molecule has 0 aromatic rings. The lowest BCUT2D eigenvalue weighted by Gasteiger charge is -2.16. The van der Waals surface area contributed by atoms with E-state index < -0.39 is 6.29 Å². The van der Waals surface area contributed by atoms with E-state index in [2.05, 4.69) is 4.94 Å². The standard InChI is InChI=1S/C4H7FO2S/c5-7-4-3-8-2-1-6-4/h4H,1-3H2. The maximum Gasteiger partial charge on any atom is 0.205 e. The Labute approximate surface area is 51.2 Å². The summed E-state index contributed by atoms with van der Waals surface area (Å²) in [6, 6.07) is 0. The maximum atomic E-state index is 11.2. The third kappa shape index (κ3) is 1.61. The lowest BCUT2D eigenvalue weighted by molar-refractivity contribution is -0.264. The predicted molar refractivity (Wildman–Crippen MR) is 29.3 cm³/mol. The summed E-state index contributed by atoms with van der Waals surface area (Å²) in [5.41, 5.74) is 0. The van der Waals surface area contributed by atoms with Crippen molar-refractivity contribution in [1.29, 1.82) is 0 Å². The van der Waals surface area contributed by atoms with Crippen LogP contribution in [0.25, 0.3) is 0 Å². The zero-order valence-corrected chi connectivity index (χ0v) is 5.12. The third-order valence-electron chi connectivity index (χ3n) is 0.885. The van der Waals surface area contributed by atoms with Gasteiger partial charge in [0.15, 0.2) is 0 Å². The fourth-order valence-corrected chi connectivity index (χ4v) is 1.24. The summed E-state index contributed by atoms with van der Waals surface area (Å²) >= 11 is 1.64. The van der Waals surface area contributed by atoms with Crippen molar-refractivity contribution in [3.63, 3.8) is 0 Å². The Kier molecular flexibility index (Phi) is 2.58. The summed E-state index contributed by atoms with van der Waals surface area (Å²) in [4.78, 5) is 3.45. The van der Waals surface area contributed by atoms with Crippen molar-refractivity contribution >= 4 is 11.8 Å². The van der Waals surface area contributed by atoms with Gasteiger partial charge < -0.3 is 4.74 Å². The van der Waals surface area contributed by atoms with Gasteiger partial charge in [0, 0.05) is 11.5 Å². The Morgan fingerprint density at radius 2 is 2.62 bits per heavy atom. The molecule has 0 radical (unpaired) electrons. The quantitative estimate of drug-likeness (QED) is 0.538. The molecular weight excluding hydrogens is 131 g/mol. The van der Waals surface area contributed by atoms with E-state index in [-0.39, 0.29) is 0 Å². The van der Waals surface area contributed by atoms with Crippen molar-refractivity contribution in [1.82, 2.24) is 0 Å². The predicted octanol–water partition coefficient (Wildman–Crippen LogP) is 0.977. The molecule has 0 bridgehead atoms. The Balaban J connectivity index is 2.13. The SMILES string of the molecule is FOC1CSCCO1. The molecule has 2 nitrogen and oxygen atoms in total. The normalized spacial score (nSPS) is 30.4. The van der Waals surface area contributed by atoms with Gasteiger partial charge in [0.05, 0.1) is 6.61 Å². The highest BCUT2D eigenvalue weighted by molar-refractivity contribution is 7.99. The molecule has 1 aliphatic heterocycles. The molecule has 0 N–H and O–H groups in total. The van der Waals surface area contributed by atoms with E-state index in [9.17, 15) is 4.53 Å². The number of ether oxygens (including phenoxy) is 1. The zero-order chi connectivity index (χ0) is 5.82. The van der Waals surface area contributed by atoms with Gasteiger partial charge in [0.1, 0.15) is 0 Å². The van der Waals surface area contributed by atoms with Crippen LogP contribution in [0.4, 0.5) is 4.53 Å². The summed E-state index contributed by atoms with van der Waals surface area (Å²) in [7, 11) is 0. The summed E-state index contributed by atoms with van der Waals surface area (Å²) in [5.74, 6) is 1.55. The van der Waals surface area contributed by atoms with Gasteiger partial charge in [-0.2, -0.15) is 16.7 Å². The minimum Gasteiger partial charge on any atom is -0.348 e. The van der Waals surface area contributed by atoms with E-state index in [1.54, 1.807) is 11.8 Å². The third-order valence-corrected chi connectivity index (χ3v) is 1.85. The van der Waals surface area contributed by atoms with Crippen molar-refractivity contribution in [2.75, 3.05) is 18.1 Å². The molecule has 1 fully saturated rings. The van der Waals surface area contributed by atoms with Crippen molar-refractivity contribution in [2.45, 2.75) is 6.29 Å². The second-order valence-electron chi connectivity index (χ2n) is 1.46. The maximum absolute atomic E-state index is 11.2. The smallest absolute Gasteiger partial charge is 0.205 e. The lowest BCUT2D eigenvalue weighted by atomic mass is 10.7. The first-order valence-electron chi connectivity index (χ1n) is 2.40. The minimum absolute atomic E-state index is 0.596. The molecule has 1 saturated heterocycles. The van der Waals surface area contributed by atoms with Crippen molar-refractivity contribution in [3.05, 3.63) is 0 Å². The fourth-order valence-electron chi connectivity index (χ4n) is 0.518. The Hall–Kier alpha value is 0.200. The van der Waals surface area contributed by atoms with Crippen molar-refractivity contribution < 1.29 is 14.2 Å². The van der Waals surface area contributed by atoms with Gasteiger partial charge >= 0.3 is 0 Å².